The lowest BCUT2D eigenvalue weighted by atomic mass is 10.0. The molecule has 0 unspecified atom stereocenters. The summed E-state index contributed by atoms with van der Waals surface area (Å²) in [6.07, 6.45) is 3.21. The van der Waals surface area contributed by atoms with E-state index in [0.717, 1.165) is 24.4 Å². The number of piperidine rings is 1. The number of rotatable bonds is 4. The molecular weight excluding hydrogens is 332 g/mol. The quantitative estimate of drug-likeness (QED) is 0.895. The zero-order valence-corrected chi connectivity index (χ0v) is 15.3. The van der Waals surface area contributed by atoms with Gasteiger partial charge in [-0.05, 0) is 39.7 Å². The first-order valence-electron chi connectivity index (χ1n) is 8.88. The number of nitrogens with zero attached hydrogens (tertiary/aromatic N) is 5. The van der Waals surface area contributed by atoms with Crippen LogP contribution >= 0.6 is 0 Å². The Labute approximate surface area is 152 Å². The largest absolute Gasteiger partial charge is 0.367 e. The van der Waals surface area contributed by atoms with E-state index in [9.17, 15) is 9.59 Å². The first kappa shape index (κ1) is 18.0. The summed E-state index contributed by atoms with van der Waals surface area (Å²) in [5.74, 6) is 0.684. The van der Waals surface area contributed by atoms with Gasteiger partial charge in [0.25, 0.3) is 11.5 Å². The zero-order chi connectivity index (χ0) is 18.7. The van der Waals surface area contributed by atoms with Gasteiger partial charge in [0.05, 0.1) is 6.04 Å². The average Bonchev–Trinajstić information content (AvgIpc) is 2.62. The molecule has 0 atom stereocenters. The first-order chi connectivity index (χ1) is 12.4. The van der Waals surface area contributed by atoms with Crippen LogP contribution in [0.4, 0.5) is 5.82 Å². The normalized spacial score (nSPS) is 15.3. The fourth-order valence-electron chi connectivity index (χ4n) is 3.04. The molecule has 0 bridgehead atoms. The number of anilines is 1. The van der Waals surface area contributed by atoms with Crippen LogP contribution in [0.3, 0.4) is 0 Å². The Bertz CT molecular complexity index is 840. The molecule has 0 aromatic carbocycles. The van der Waals surface area contributed by atoms with Crippen molar-refractivity contribution in [3.63, 3.8) is 0 Å². The van der Waals surface area contributed by atoms with Gasteiger partial charge in [-0.2, -0.15) is 5.10 Å². The molecule has 26 heavy (non-hydrogen) atoms. The second-order valence-corrected chi connectivity index (χ2v) is 6.85. The molecule has 8 nitrogen and oxygen atoms in total. The van der Waals surface area contributed by atoms with Crippen LogP contribution in [0, 0.1) is 6.92 Å². The van der Waals surface area contributed by atoms with Gasteiger partial charge in [0, 0.05) is 37.0 Å². The van der Waals surface area contributed by atoms with E-state index in [1.807, 2.05) is 26.8 Å². The van der Waals surface area contributed by atoms with Gasteiger partial charge >= 0.3 is 0 Å². The summed E-state index contributed by atoms with van der Waals surface area (Å²) in [6.45, 7) is 6.95. The molecular formula is C18H24N6O2. The minimum atomic E-state index is -0.195. The number of carbonyl (C=O) groups excluding carboxylic acids is 1. The number of hydrogen-bond donors (Lipinski definition) is 1. The molecule has 0 saturated carbocycles. The van der Waals surface area contributed by atoms with Crippen molar-refractivity contribution in [3.05, 3.63) is 46.3 Å². The predicted octanol–water partition coefficient (Wildman–Crippen LogP) is 1.64. The standard InChI is InChI=1S/C18H24N6O2/c1-12(2)24-17(25)5-4-15(22-24)18(26)23-8-6-14(7-9-23)21-16-10-13(3)19-11-20-16/h4-5,10-12,14H,6-9H2,1-3H3,(H,19,20,21). The van der Waals surface area contributed by atoms with Crippen molar-refractivity contribution in [3.8, 4) is 0 Å². The van der Waals surface area contributed by atoms with Crippen molar-refractivity contribution in [2.45, 2.75) is 45.7 Å². The molecule has 0 aliphatic carbocycles. The third-order valence-corrected chi connectivity index (χ3v) is 4.47. The number of carbonyl (C=O) groups is 1. The Kier molecular flexibility index (Phi) is 5.29. The van der Waals surface area contributed by atoms with E-state index in [1.54, 1.807) is 11.2 Å². The molecule has 0 spiro atoms. The molecule has 138 valence electrons. The molecule has 2 aromatic rings. The summed E-state index contributed by atoms with van der Waals surface area (Å²) >= 11 is 0. The van der Waals surface area contributed by atoms with E-state index in [1.165, 1.54) is 16.8 Å². The summed E-state index contributed by atoms with van der Waals surface area (Å²) in [7, 11) is 0. The Balaban J connectivity index is 1.62. The highest BCUT2D eigenvalue weighted by atomic mass is 16.2. The number of likely N-dealkylation sites (tertiary alicyclic amines) is 1. The smallest absolute Gasteiger partial charge is 0.274 e. The predicted molar refractivity (Wildman–Crippen MR) is 98.2 cm³/mol. The minimum absolute atomic E-state index is 0.0819. The topological polar surface area (TPSA) is 93.0 Å². The number of aryl methyl sites for hydroxylation is 1. The Morgan fingerprint density at radius 2 is 1.96 bits per heavy atom. The summed E-state index contributed by atoms with van der Waals surface area (Å²) < 4.78 is 1.35. The van der Waals surface area contributed by atoms with Crippen molar-refractivity contribution >= 4 is 11.7 Å². The van der Waals surface area contributed by atoms with E-state index in [2.05, 4.69) is 20.4 Å². The van der Waals surface area contributed by atoms with Crippen LogP contribution in [-0.4, -0.2) is 49.7 Å². The molecule has 1 saturated heterocycles. The fraction of sp³-hybridized carbons (Fsp3) is 0.500. The first-order valence-corrected chi connectivity index (χ1v) is 8.88. The van der Waals surface area contributed by atoms with Gasteiger partial charge in [-0.25, -0.2) is 14.6 Å². The Morgan fingerprint density at radius 3 is 2.62 bits per heavy atom. The third-order valence-electron chi connectivity index (χ3n) is 4.47. The van der Waals surface area contributed by atoms with Gasteiger partial charge < -0.3 is 10.2 Å². The number of hydrogen-bond acceptors (Lipinski definition) is 6. The summed E-state index contributed by atoms with van der Waals surface area (Å²) in [5.41, 5.74) is 1.04. The highest BCUT2D eigenvalue weighted by Gasteiger charge is 2.25. The fourth-order valence-corrected chi connectivity index (χ4v) is 3.04. The van der Waals surface area contributed by atoms with E-state index >= 15 is 0 Å². The van der Waals surface area contributed by atoms with Gasteiger partial charge in [0.15, 0.2) is 0 Å². The highest BCUT2D eigenvalue weighted by molar-refractivity contribution is 5.92. The van der Waals surface area contributed by atoms with Crippen LogP contribution in [-0.2, 0) is 0 Å². The molecule has 1 fully saturated rings. The molecule has 1 N–H and O–H groups in total. The zero-order valence-electron chi connectivity index (χ0n) is 15.3. The lowest BCUT2D eigenvalue weighted by molar-refractivity contribution is 0.0709. The lowest BCUT2D eigenvalue weighted by Crippen LogP contribution is -2.43. The minimum Gasteiger partial charge on any atom is -0.367 e. The molecule has 8 heteroatoms. The molecule has 3 heterocycles. The molecule has 0 radical (unpaired) electrons. The number of amides is 1. The number of aromatic nitrogens is 4. The Morgan fingerprint density at radius 1 is 1.23 bits per heavy atom. The third kappa shape index (κ3) is 4.07. The van der Waals surface area contributed by atoms with Crippen LogP contribution in [0.15, 0.2) is 29.3 Å². The molecule has 1 aliphatic rings. The van der Waals surface area contributed by atoms with Crippen LogP contribution in [0.25, 0.3) is 0 Å². The van der Waals surface area contributed by atoms with Gasteiger partial charge in [0.2, 0.25) is 0 Å². The summed E-state index contributed by atoms with van der Waals surface area (Å²) in [5, 5.41) is 7.63. The maximum absolute atomic E-state index is 12.7. The molecule has 3 rings (SSSR count). The maximum atomic E-state index is 12.7. The molecule has 1 amide bonds. The van der Waals surface area contributed by atoms with Crippen molar-refractivity contribution in [2.24, 2.45) is 0 Å². The van der Waals surface area contributed by atoms with Crippen molar-refractivity contribution < 1.29 is 4.79 Å². The van der Waals surface area contributed by atoms with Crippen molar-refractivity contribution in [1.29, 1.82) is 0 Å². The summed E-state index contributed by atoms with van der Waals surface area (Å²) in [4.78, 5) is 34.6. The van der Waals surface area contributed by atoms with Crippen molar-refractivity contribution in [1.82, 2.24) is 24.6 Å². The number of nitrogens with one attached hydrogen (secondary N) is 1. The van der Waals surface area contributed by atoms with Crippen LogP contribution in [0.1, 0.15) is 48.9 Å². The van der Waals surface area contributed by atoms with Gasteiger partial charge in [-0.15, -0.1) is 0 Å². The van der Waals surface area contributed by atoms with E-state index in [4.69, 9.17) is 0 Å². The van der Waals surface area contributed by atoms with Crippen molar-refractivity contribution in [2.75, 3.05) is 18.4 Å². The molecule has 2 aromatic heterocycles. The van der Waals surface area contributed by atoms with E-state index in [-0.39, 0.29) is 23.6 Å². The second kappa shape index (κ2) is 7.63. The molecule has 1 aliphatic heterocycles. The van der Waals surface area contributed by atoms with E-state index < -0.39 is 0 Å². The highest BCUT2D eigenvalue weighted by Crippen LogP contribution is 2.17. The van der Waals surface area contributed by atoms with Gasteiger partial charge in [0.1, 0.15) is 17.8 Å². The Hall–Kier alpha value is -2.77. The van der Waals surface area contributed by atoms with E-state index in [0.29, 0.717) is 18.8 Å². The average molecular weight is 356 g/mol. The van der Waals surface area contributed by atoms with Crippen LogP contribution < -0.4 is 10.9 Å². The second-order valence-electron chi connectivity index (χ2n) is 6.85. The monoisotopic (exact) mass is 356 g/mol. The van der Waals surface area contributed by atoms with Gasteiger partial charge in [-0.1, -0.05) is 0 Å². The SMILES string of the molecule is Cc1cc(NC2CCN(C(=O)c3ccc(=O)n(C(C)C)n3)CC2)ncn1. The lowest BCUT2D eigenvalue weighted by Gasteiger charge is -2.32. The van der Waals surface area contributed by atoms with Crippen LogP contribution in [0.5, 0.6) is 0 Å². The maximum Gasteiger partial charge on any atom is 0.274 e. The van der Waals surface area contributed by atoms with Crippen LogP contribution in [0.2, 0.25) is 0 Å². The van der Waals surface area contributed by atoms with Gasteiger partial charge in [-0.3, -0.25) is 9.59 Å². The summed E-state index contributed by atoms with van der Waals surface area (Å²) in [6, 6.07) is 5.02.